The van der Waals surface area contributed by atoms with Crippen molar-refractivity contribution in [2.75, 3.05) is 0 Å². The van der Waals surface area contributed by atoms with Crippen LogP contribution in [0.3, 0.4) is 0 Å². The molecule has 0 saturated heterocycles. The van der Waals surface area contributed by atoms with E-state index < -0.39 is 11.5 Å². The van der Waals surface area contributed by atoms with E-state index in [1.807, 2.05) is 12.1 Å². The Morgan fingerprint density at radius 1 is 1.22 bits per heavy atom. The first-order valence-corrected chi connectivity index (χ1v) is 5.19. The quantitative estimate of drug-likeness (QED) is 0.623. The van der Waals surface area contributed by atoms with Crippen molar-refractivity contribution < 1.29 is 15.0 Å². The predicted molar refractivity (Wildman–Crippen MR) is 66.8 cm³/mol. The van der Waals surface area contributed by atoms with Crippen molar-refractivity contribution in [2.24, 2.45) is 0 Å². The molecule has 4 nitrogen and oxygen atoms in total. The number of hydrogen-bond donors (Lipinski definition) is 2. The standard InChI is InChI=1S/C14H9NO3/c15-8-11(14(17)18)7-10-6-5-9-3-1-2-4-12(9)13(10)16/h1-7,16H,(H,17,18)/b11-7+. The van der Waals surface area contributed by atoms with Crippen LogP contribution in [0.5, 0.6) is 5.75 Å². The first-order valence-electron chi connectivity index (χ1n) is 5.19. The zero-order chi connectivity index (χ0) is 13.1. The van der Waals surface area contributed by atoms with Crippen molar-refractivity contribution in [3.8, 4) is 11.8 Å². The van der Waals surface area contributed by atoms with Crippen LogP contribution < -0.4 is 0 Å². The highest BCUT2D eigenvalue weighted by Crippen LogP contribution is 2.29. The number of phenols is 1. The fourth-order valence-corrected chi connectivity index (χ4v) is 1.69. The molecule has 88 valence electrons. The van der Waals surface area contributed by atoms with Gasteiger partial charge in [-0.15, -0.1) is 0 Å². The lowest BCUT2D eigenvalue weighted by molar-refractivity contribution is -0.132. The Bertz CT molecular complexity index is 696. The predicted octanol–water partition coefficient (Wildman–Crippen LogP) is 2.54. The van der Waals surface area contributed by atoms with E-state index in [0.717, 1.165) is 11.5 Å². The first-order chi connectivity index (χ1) is 8.63. The SMILES string of the molecule is N#C/C(=C\c1ccc2ccccc2c1O)C(=O)O. The van der Waals surface area contributed by atoms with Crippen molar-refractivity contribution >= 4 is 22.8 Å². The fourth-order valence-electron chi connectivity index (χ4n) is 1.69. The molecular weight excluding hydrogens is 230 g/mol. The van der Waals surface area contributed by atoms with Gasteiger partial charge in [0.2, 0.25) is 0 Å². The van der Waals surface area contributed by atoms with Crippen molar-refractivity contribution in [1.29, 1.82) is 5.26 Å². The van der Waals surface area contributed by atoms with E-state index in [4.69, 9.17) is 10.4 Å². The number of fused-ring (bicyclic) bond motifs is 1. The molecule has 2 aromatic rings. The Labute approximate surface area is 103 Å². The summed E-state index contributed by atoms with van der Waals surface area (Å²) in [5, 5.41) is 28.9. The molecule has 0 unspecified atom stereocenters. The highest BCUT2D eigenvalue weighted by Gasteiger charge is 2.09. The summed E-state index contributed by atoms with van der Waals surface area (Å²) in [5.74, 6) is -1.34. The molecule has 0 amide bonds. The zero-order valence-electron chi connectivity index (χ0n) is 9.29. The van der Waals surface area contributed by atoms with E-state index in [1.54, 1.807) is 30.3 Å². The number of aliphatic carboxylic acids is 1. The van der Waals surface area contributed by atoms with E-state index in [1.165, 1.54) is 0 Å². The number of carboxylic acid groups (broad SMARTS) is 1. The Hall–Kier alpha value is -2.80. The summed E-state index contributed by atoms with van der Waals surface area (Å²) in [6.07, 6.45) is 1.16. The molecule has 0 radical (unpaired) electrons. The van der Waals surface area contributed by atoms with Crippen LogP contribution in [-0.4, -0.2) is 16.2 Å². The lowest BCUT2D eigenvalue weighted by Gasteiger charge is -2.04. The minimum atomic E-state index is -1.31. The van der Waals surface area contributed by atoms with Gasteiger partial charge in [-0.3, -0.25) is 0 Å². The van der Waals surface area contributed by atoms with Crippen LogP contribution >= 0.6 is 0 Å². The molecule has 0 aromatic heterocycles. The minimum absolute atomic E-state index is 0.0258. The number of nitrogens with zero attached hydrogens (tertiary/aromatic N) is 1. The number of carboxylic acids is 1. The van der Waals surface area contributed by atoms with Gasteiger partial charge in [0, 0.05) is 10.9 Å². The normalized spacial score (nSPS) is 11.2. The molecule has 4 heteroatoms. The van der Waals surface area contributed by atoms with Gasteiger partial charge < -0.3 is 10.2 Å². The smallest absolute Gasteiger partial charge is 0.346 e. The van der Waals surface area contributed by atoms with Gasteiger partial charge in [-0.05, 0) is 11.5 Å². The van der Waals surface area contributed by atoms with Crippen LogP contribution in [-0.2, 0) is 4.79 Å². The Morgan fingerprint density at radius 2 is 1.94 bits per heavy atom. The van der Waals surface area contributed by atoms with E-state index in [2.05, 4.69) is 0 Å². The Balaban J connectivity index is 2.64. The van der Waals surface area contributed by atoms with Crippen molar-refractivity contribution in [3.05, 3.63) is 47.5 Å². The van der Waals surface area contributed by atoms with Crippen LogP contribution in [0, 0.1) is 11.3 Å². The summed E-state index contributed by atoms with van der Waals surface area (Å²) < 4.78 is 0. The second kappa shape index (κ2) is 4.60. The molecule has 0 aliphatic carbocycles. The van der Waals surface area contributed by atoms with Gasteiger partial charge in [0.15, 0.2) is 0 Å². The topological polar surface area (TPSA) is 81.3 Å². The maximum Gasteiger partial charge on any atom is 0.346 e. The van der Waals surface area contributed by atoms with Gasteiger partial charge in [0.1, 0.15) is 17.4 Å². The summed E-state index contributed by atoms with van der Waals surface area (Å²) in [5.41, 5.74) is -0.103. The summed E-state index contributed by atoms with van der Waals surface area (Å²) in [6.45, 7) is 0. The summed E-state index contributed by atoms with van der Waals surface area (Å²) in [6, 6.07) is 12.1. The molecule has 2 aromatic carbocycles. The lowest BCUT2D eigenvalue weighted by Crippen LogP contribution is -1.97. The zero-order valence-corrected chi connectivity index (χ0v) is 9.29. The van der Waals surface area contributed by atoms with Gasteiger partial charge in [0.05, 0.1) is 0 Å². The molecule has 2 rings (SSSR count). The molecule has 18 heavy (non-hydrogen) atoms. The molecule has 0 bridgehead atoms. The molecule has 0 fully saturated rings. The van der Waals surface area contributed by atoms with Gasteiger partial charge >= 0.3 is 5.97 Å². The average Bonchev–Trinajstić information content (AvgIpc) is 2.38. The van der Waals surface area contributed by atoms with E-state index in [-0.39, 0.29) is 5.75 Å². The van der Waals surface area contributed by atoms with Crippen LogP contribution in [0.15, 0.2) is 42.0 Å². The number of hydrogen-bond acceptors (Lipinski definition) is 3. The molecule has 0 saturated carbocycles. The third kappa shape index (κ3) is 2.02. The monoisotopic (exact) mass is 239 g/mol. The second-order valence-electron chi connectivity index (χ2n) is 3.70. The average molecular weight is 239 g/mol. The number of carbonyl (C=O) groups is 1. The number of phenolic OH excluding ortho intramolecular Hbond substituents is 1. The van der Waals surface area contributed by atoms with E-state index in [9.17, 15) is 9.90 Å². The number of benzene rings is 2. The molecular formula is C14H9NO3. The van der Waals surface area contributed by atoms with Crippen molar-refractivity contribution in [3.63, 3.8) is 0 Å². The van der Waals surface area contributed by atoms with Gasteiger partial charge in [0.25, 0.3) is 0 Å². The second-order valence-corrected chi connectivity index (χ2v) is 3.70. The van der Waals surface area contributed by atoms with E-state index in [0.29, 0.717) is 10.9 Å². The number of rotatable bonds is 2. The molecule has 0 heterocycles. The molecule has 0 aliphatic heterocycles. The Morgan fingerprint density at radius 3 is 2.61 bits per heavy atom. The van der Waals surface area contributed by atoms with Crippen LogP contribution in [0.4, 0.5) is 0 Å². The Kier molecular flexibility index (Phi) is 2.98. The third-order valence-corrected chi connectivity index (χ3v) is 2.58. The van der Waals surface area contributed by atoms with Crippen LogP contribution in [0.2, 0.25) is 0 Å². The van der Waals surface area contributed by atoms with Crippen LogP contribution in [0.25, 0.3) is 16.8 Å². The summed E-state index contributed by atoms with van der Waals surface area (Å²) in [7, 11) is 0. The highest BCUT2D eigenvalue weighted by molar-refractivity contribution is 5.99. The molecule has 2 N–H and O–H groups in total. The number of nitriles is 1. The third-order valence-electron chi connectivity index (χ3n) is 2.58. The van der Waals surface area contributed by atoms with Gasteiger partial charge in [-0.1, -0.05) is 36.4 Å². The maximum atomic E-state index is 10.7. The van der Waals surface area contributed by atoms with Crippen molar-refractivity contribution in [1.82, 2.24) is 0 Å². The van der Waals surface area contributed by atoms with Crippen LogP contribution in [0.1, 0.15) is 5.56 Å². The largest absolute Gasteiger partial charge is 0.507 e. The fraction of sp³-hybridized carbons (Fsp3) is 0. The number of aromatic hydroxyl groups is 1. The van der Waals surface area contributed by atoms with Gasteiger partial charge in [-0.2, -0.15) is 5.26 Å². The summed E-state index contributed by atoms with van der Waals surface area (Å²) in [4.78, 5) is 10.7. The summed E-state index contributed by atoms with van der Waals surface area (Å²) >= 11 is 0. The highest BCUT2D eigenvalue weighted by atomic mass is 16.4. The van der Waals surface area contributed by atoms with Crippen molar-refractivity contribution in [2.45, 2.75) is 0 Å². The molecule has 0 atom stereocenters. The lowest BCUT2D eigenvalue weighted by atomic mass is 10.0. The molecule has 0 aliphatic rings. The first kappa shape index (κ1) is 11.7. The maximum absolute atomic E-state index is 10.7. The molecule has 0 spiro atoms. The van der Waals surface area contributed by atoms with E-state index >= 15 is 0 Å². The minimum Gasteiger partial charge on any atom is -0.507 e. The van der Waals surface area contributed by atoms with Gasteiger partial charge in [-0.25, -0.2) is 4.79 Å².